The highest BCUT2D eigenvalue weighted by Gasteiger charge is 2.34. The van der Waals surface area contributed by atoms with Gasteiger partial charge in [0.25, 0.3) is 0 Å². The van der Waals surface area contributed by atoms with Crippen LogP contribution in [0.25, 0.3) is 0 Å². The van der Waals surface area contributed by atoms with E-state index in [2.05, 4.69) is 26.1 Å². The Labute approximate surface area is 177 Å². The van der Waals surface area contributed by atoms with E-state index >= 15 is 0 Å². The molecule has 0 unspecified atom stereocenters. The molecule has 2 aromatic rings. The third-order valence-corrected chi connectivity index (χ3v) is 6.88. The number of benzene rings is 1. The Morgan fingerprint density at radius 1 is 1.21 bits per heavy atom. The van der Waals surface area contributed by atoms with E-state index in [1.165, 1.54) is 4.88 Å². The minimum atomic E-state index is -0.322. The number of ether oxygens (including phenoxy) is 1. The molecule has 1 N–H and O–H groups in total. The zero-order valence-corrected chi connectivity index (χ0v) is 18.7. The quantitative estimate of drug-likeness (QED) is 0.623. The van der Waals surface area contributed by atoms with Crippen LogP contribution in [0.3, 0.4) is 0 Å². The lowest BCUT2D eigenvalue weighted by Gasteiger charge is -2.33. The number of nitrogens with one attached hydrogen (secondary N) is 1. The molecule has 0 aliphatic heterocycles. The average Bonchev–Trinajstić information content (AvgIpc) is 3.03. The number of anilines is 1. The van der Waals surface area contributed by atoms with Crippen LogP contribution in [0.2, 0.25) is 0 Å². The molecule has 1 amide bonds. The molecule has 1 aliphatic rings. The molecule has 3 rings (SSSR count). The first-order valence-electron chi connectivity index (χ1n) is 10.4. The number of hydrogen-bond donors (Lipinski definition) is 1. The number of carbonyl (C=O) groups is 2. The summed E-state index contributed by atoms with van der Waals surface area (Å²) in [6.07, 6.45) is 3.94. The fraction of sp³-hybridized carbons (Fsp3) is 0.500. The van der Waals surface area contributed by atoms with Crippen LogP contribution in [0.15, 0.2) is 30.3 Å². The molecule has 4 nitrogen and oxygen atoms in total. The first kappa shape index (κ1) is 21.6. The highest BCUT2D eigenvalue weighted by Crippen LogP contribution is 2.44. The van der Waals surface area contributed by atoms with E-state index in [1.54, 1.807) is 11.3 Å². The second kappa shape index (κ2) is 9.12. The lowest BCUT2D eigenvalue weighted by atomic mass is 9.72. The molecule has 5 heteroatoms. The van der Waals surface area contributed by atoms with Gasteiger partial charge in [0.1, 0.15) is 5.00 Å². The molecular formula is C24H31NO3S. The van der Waals surface area contributed by atoms with E-state index in [0.717, 1.165) is 30.4 Å². The summed E-state index contributed by atoms with van der Waals surface area (Å²) in [5.74, 6) is 0.188. The lowest BCUT2D eigenvalue weighted by Crippen LogP contribution is -2.26. The zero-order chi connectivity index (χ0) is 21.0. The maximum absolute atomic E-state index is 12.7. The normalized spacial score (nSPS) is 16.2. The van der Waals surface area contributed by atoms with Gasteiger partial charge in [-0.05, 0) is 55.1 Å². The number of aryl methyl sites for hydroxylation is 1. The highest BCUT2D eigenvalue weighted by molar-refractivity contribution is 7.17. The van der Waals surface area contributed by atoms with Gasteiger partial charge >= 0.3 is 5.97 Å². The zero-order valence-electron chi connectivity index (χ0n) is 17.8. The summed E-state index contributed by atoms with van der Waals surface area (Å²) in [7, 11) is 0. The van der Waals surface area contributed by atoms with Gasteiger partial charge in [0.2, 0.25) is 5.91 Å². The molecule has 0 spiro atoms. The summed E-state index contributed by atoms with van der Waals surface area (Å²) >= 11 is 1.55. The van der Waals surface area contributed by atoms with Gasteiger partial charge in [-0.3, -0.25) is 4.79 Å². The van der Waals surface area contributed by atoms with Crippen LogP contribution >= 0.6 is 11.3 Å². The van der Waals surface area contributed by atoms with Crippen LogP contribution in [0.5, 0.6) is 0 Å². The van der Waals surface area contributed by atoms with Crippen molar-refractivity contribution in [2.45, 2.75) is 59.8 Å². The third kappa shape index (κ3) is 5.27. The molecular weight excluding hydrogens is 382 g/mol. The van der Waals surface area contributed by atoms with Crippen LogP contribution in [0.4, 0.5) is 5.00 Å². The van der Waals surface area contributed by atoms with Gasteiger partial charge in [-0.1, -0.05) is 51.1 Å². The molecule has 1 aliphatic carbocycles. The Hall–Kier alpha value is -2.14. The Bertz CT molecular complexity index is 864. The number of amides is 1. The minimum absolute atomic E-state index is 0.0645. The minimum Gasteiger partial charge on any atom is -0.462 e. The van der Waals surface area contributed by atoms with Crippen LogP contribution in [-0.4, -0.2) is 18.5 Å². The summed E-state index contributed by atoms with van der Waals surface area (Å²) in [5.41, 5.74) is 3.01. The van der Waals surface area contributed by atoms with Crippen molar-refractivity contribution < 1.29 is 14.3 Å². The Morgan fingerprint density at radius 2 is 1.93 bits per heavy atom. The molecule has 29 heavy (non-hydrogen) atoms. The molecule has 0 saturated heterocycles. The summed E-state index contributed by atoms with van der Waals surface area (Å²) in [6.45, 7) is 8.96. The van der Waals surface area contributed by atoms with E-state index in [-0.39, 0.29) is 17.3 Å². The second-order valence-corrected chi connectivity index (χ2v) is 9.87. The van der Waals surface area contributed by atoms with Crippen LogP contribution in [-0.2, 0) is 28.8 Å². The van der Waals surface area contributed by atoms with E-state index in [4.69, 9.17) is 4.74 Å². The van der Waals surface area contributed by atoms with Crippen molar-refractivity contribution in [1.29, 1.82) is 0 Å². The van der Waals surface area contributed by atoms with Gasteiger partial charge in [-0.15, -0.1) is 11.3 Å². The third-order valence-electron chi connectivity index (χ3n) is 5.71. The summed E-state index contributed by atoms with van der Waals surface area (Å²) in [6, 6.07) is 9.97. The molecule has 0 radical (unpaired) electrons. The molecule has 1 aromatic heterocycles. The van der Waals surface area contributed by atoms with Gasteiger partial charge in [0, 0.05) is 11.3 Å². The van der Waals surface area contributed by atoms with Crippen molar-refractivity contribution in [3.63, 3.8) is 0 Å². The van der Waals surface area contributed by atoms with Crippen LogP contribution in [0.1, 0.15) is 66.9 Å². The molecule has 1 atom stereocenters. The number of carbonyl (C=O) groups excluding carboxylic acids is 2. The SMILES string of the molecule is CCOC(=O)c1c(NC(=O)CCc2ccccc2)sc2c1CC[C@H](C(C)(C)C)C2. The molecule has 0 saturated carbocycles. The summed E-state index contributed by atoms with van der Waals surface area (Å²) in [4.78, 5) is 26.5. The first-order valence-corrected chi connectivity index (χ1v) is 11.3. The second-order valence-electron chi connectivity index (χ2n) is 8.77. The molecule has 1 heterocycles. The topological polar surface area (TPSA) is 55.4 Å². The lowest BCUT2D eigenvalue weighted by molar-refractivity contribution is -0.116. The molecule has 1 aromatic carbocycles. The van der Waals surface area contributed by atoms with Crippen molar-refractivity contribution in [1.82, 2.24) is 0 Å². The first-order chi connectivity index (χ1) is 13.8. The number of fused-ring (bicyclic) bond motifs is 1. The van der Waals surface area contributed by atoms with Crippen molar-refractivity contribution in [2.24, 2.45) is 11.3 Å². The van der Waals surface area contributed by atoms with E-state index < -0.39 is 0 Å². The van der Waals surface area contributed by atoms with E-state index in [1.807, 2.05) is 37.3 Å². The van der Waals surface area contributed by atoms with Gasteiger partial charge < -0.3 is 10.1 Å². The van der Waals surface area contributed by atoms with Gasteiger partial charge in [0.15, 0.2) is 0 Å². The fourth-order valence-corrected chi connectivity index (χ4v) is 5.26. The Kier molecular flexibility index (Phi) is 6.78. The number of esters is 1. The van der Waals surface area contributed by atoms with E-state index in [9.17, 15) is 9.59 Å². The van der Waals surface area contributed by atoms with E-state index in [0.29, 0.717) is 35.9 Å². The maximum atomic E-state index is 12.7. The Balaban J connectivity index is 1.79. The van der Waals surface area contributed by atoms with Crippen molar-refractivity contribution in [2.75, 3.05) is 11.9 Å². The fourth-order valence-electron chi connectivity index (χ4n) is 3.92. The largest absolute Gasteiger partial charge is 0.462 e. The predicted octanol–water partition coefficient (Wildman–Crippen LogP) is 5.65. The number of hydrogen-bond acceptors (Lipinski definition) is 4. The van der Waals surface area contributed by atoms with Crippen LogP contribution < -0.4 is 5.32 Å². The van der Waals surface area contributed by atoms with Gasteiger partial charge in [-0.2, -0.15) is 0 Å². The van der Waals surface area contributed by atoms with Crippen molar-refractivity contribution in [3.05, 3.63) is 51.9 Å². The van der Waals surface area contributed by atoms with Gasteiger partial charge in [0.05, 0.1) is 12.2 Å². The smallest absolute Gasteiger partial charge is 0.341 e. The number of thiophene rings is 1. The Morgan fingerprint density at radius 3 is 2.59 bits per heavy atom. The monoisotopic (exact) mass is 413 g/mol. The predicted molar refractivity (Wildman–Crippen MR) is 119 cm³/mol. The molecule has 156 valence electrons. The summed E-state index contributed by atoms with van der Waals surface area (Å²) in [5, 5.41) is 3.66. The molecule has 0 fully saturated rings. The number of rotatable bonds is 6. The highest BCUT2D eigenvalue weighted by atomic mass is 32.1. The standard InChI is InChI=1S/C24H31NO3S/c1-5-28-23(27)21-18-13-12-17(24(2,3)4)15-19(18)29-22(21)25-20(26)14-11-16-9-7-6-8-10-16/h6-10,17H,5,11-15H2,1-4H3,(H,25,26)/t17-/m0/s1. The van der Waals surface area contributed by atoms with Crippen molar-refractivity contribution >= 4 is 28.2 Å². The average molecular weight is 414 g/mol. The summed E-state index contributed by atoms with van der Waals surface area (Å²) < 4.78 is 5.31. The van der Waals surface area contributed by atoms with Crippen LogP contribution in [0, 0.1) is 11.3 Å². The van der Waals surface area contributed by atoms with Crippen molar-refractivity contribution in [3.8, 4) is 0 Å². The molecule has 0 bridgehead atoms. The van der Waals surface area contributed by atoms with Gasteiger partial charge in [-0.25, -0.2) is 4.79 Å². The maximum Gasteiger partial charge on any atom is 0.341 e.